The number of carboxylic acid groups (broad SMARTS) is 1. The van der Waals surface area contributed by atoms with E-state index in [0.717, 1.165) is 49.5 Å². The summed E-state index contributed by atoms with van der Waals surface area (Å²) in [6, 6.07) is 10.7. The van der Waals surface area contributed by atoms with Gasteiger partial charge in [0.1, 0.15) is 11.5 Å². The van der Waals surface area contributed by atoms with Crippen LogP contribution in [0.1, 0.15) is 49.5 Å². The zero-order valence-electron chi connectivity index (χ0n) is 21.6. The molecule has 0 radical (unpaired) electrons. The number of rotatable bonds is 11. The van der Waals surface area contributed by atoms with Gasteiger partial charge in [0.25, 0.3) is 5.91 Å². The van der Waals surface area contributed by atoms with Gasteiger partial charge in [-0.05, 0) is 63.4 Å². The molecular weight excluding hydrogens is 464 g/mol. The van der Waals surface area contributed by atoms with E-state index in [1.54, 1.807) is 19.2 Å². The van der Waals surface area contributed by atoms with E-state index in [9.17, 15) is 14.7 Å². The van der Waals surface area contributed by atoms with Crippen LogP contribution in [-0.2, 0) is 11.3 Å². The van der Waals surface area contributed by atoms with Crippen molar-refractivity contribution in [1.29, 1.82) is 0 Å². The van der Waals surface area contributed by atoms with Crippen molar-refractivity contribution in [3.8, 4) is 23.0 Å². The molecule has 0 unspecified atom stereocenters. The third kappa shape index (κ3) is 7.04. The molecule has 0 atom stereocenters. The van der Waals surface area contributed by atoms with Gasteiger partial charge in [-0.2, -0.15) is 0 Å². The van der Waals surface area contributed by atoms with Crippen LogP contribution in [0.5, 0.6) is 23.0 Å². The van der Waals surface area contributed by atoms with Gasteiger partial charge in [-0.3, -0.25) is 9.69 Å². The van der Waals surface area contributed by atoms with Gasteiger partial charge in [-0.15, -0.1) is 0 Å². The standard InChI is InChI=1S/C27H36N2O7/c1-6-35-24-13-18(7-8-23(24)34-5)17-29-11-9-20(10-12-29)28-25(30)19-14-21(33-4)16-22(15-19)36-27(2,3)26(31)32/h7-8,13-16,20H,6,9-12,17H2,1-5H3,(H,28,30)(H,31,32). The van der Waals surface area contributed by atoms with Crippen molar-refractivity contribution in [2.75, 3.05) is 33.9 Å². The molecular formula is C27H36N2O7. The molecule has 1 heterocycles. The topological polar surface area (TPSA) is 107 Å². The van der Waals surface area contributed by atoms with Gasteiger partial charge in [0.05, 0.1) is 20.8 Å². The monoisotopic (exact) mass is 500 g/mol. The number of benzene rings is 2. The Labute approximate surface area is 212 Å². The summed E-state index contributed by atoms with van der Waals surface area (Å²) in [6.07, 6.45) is 1.64. The van der Waals surface area contributed by atoms with Gasteiger partial charge in [-0.1, -0.05) is 6.07 Å². The highest BCUT2D eigenvalue weighted by molar-refractivity contribution is 5.95. The van der Waals surface area contributed by atoms with Crippen LogP contribution in [0.25, 0.3) is 0 Å². The number of piperidine rings is 1. The van der Waals surface area contributed by atoms with Gasteiger partial charge in [0, 0.05) is 37.3 Å². The fourth-order valence-corrected chi connectivity index (χ4v) is 4.07. The lowest BCUT2D eigenvalue weighted by Gasteiger charge is -2.32. The number of hydrogen-bond acceptors (Lipinski definition) is 7. The molecule has 196 valence electrons. The molecule has 2 N–H and O–H groups in total. The number of methoxy groups -OCH3 is 2. The molecule has 0 spiro atoms. The second-order valence-electron chi connectivity index (χ2n) is 9.26. The van der Waals surface area contributed by atoms with Gasteiger partial charge in [-0.25, -0.2) is 4.79 Å². The van der Waals surface area contributed by atoms with E-state index in [2.05, 4.69) is 10.2 Å². The van der Waals surface area contributed by atoms with Crippen LogP contribution in [0.2, 0.25) is 0 Å². The first-order valence-corrected chi connectivity index (χ1v) is 12.1. The van der Waals surface area contributed by atoms with Crippen LogP contribution < -0.4 is 24.3 Å². The average molecular weight is 501 g/mol. The van der Waals surface area contributed by atoms with E-state index < -0.39 is 11.6 Å². The van der Waals surface area contributed by atoms with Gasteiger partial charge in [0.15, 0.2) is 17.1 Å². The fourth-order valence-electron chi connectivity index (χ4n) is 4.07. The van der Waals surface area contributed by atoms with Crippen molar-refractivity contribution < 1.29 is 33.6 Å². The highest BCUT2D eigenvalue weighted by Crippen LogP contribution is 2.29. The summed E-state index contributed by atoms with van der Waals surface area (Å²) in [7, 11) is 3.12. The Kier molecular flexibility index (Phi) is 9.03. The maximum Gasteiger partial charge on any atom is 0.347 e. The van der Waals surface area contributed by atoms with Crippen molar-refractivity contribution in [2.45, 2.75) is 51.8 Å². The Morgan fingerprint density at radius 2 is 1.72 bits per heavy atom. The van der Waals surface area contributed by atoms with Crippen molar-refractivity contribution in [3.05, 3.63) is 47.5 Å². The minimum atomic E-state index is -1.44. The lowest BCUT2D eigenvalue weighted by atomic mass is 10.0. The van der Waals surface area contributed by atoms with E-state index in [4.69, 9.17) is 18.9 Å². The van der Waals surface area contributed by atoms with Gasteiger partial charge < -0.3 is 29.4 Å². The van der Waals surface area contributed by atoms with Crippen LogP contribution in [0.15, 0.2) is 36.4 Å². The molecule has 9 nitrogen and oxygen atoms in total. The van der Waals surface area contributed by atoms with Crippen molar-refractivity contribution >= 4 is 11.9 Å². The van der Waals surface area contributed by atoms with Crippen LogP contribution in [0.4, 0.5) is 0 Å². The molecule has 1 saturated heterocycles. The largest absolute Gasteiger partial charge is 0.497 e. The fraction of sp³-hybridized carbons (Fsp3) is 0.481. The van der Waals surface area contributed by atoms with Crippen molar-refractivity contribution in [2.24, 2.45) is 0 Å². The zero-order valence-corrected chi connectivity index (χ0v) is 21.6. The lowest BCUT2D eigenvalue weighted by molar-refractivity contribution is -0.152. The second-order valence-corrected chi connectivity index (χ2v) is 9.26. The SMILES string of the molecule is CCOc1cc(CN2CCC(NC(=O)c3cc(OC)cc(OC(C)(C)C(=O)O)c3)CC2)ccc1OC. The Balaban J connectivity index is 1.59. The van der Waals surface area contributed by atoms with Crippen LogP contribution in [0.3, 0.4) is 0 Å². The maximum atomic E-state index is 13.0. The summed E-state index contributed by atoms with van der Waals surface area (Å²) in [5.74, 6) is 0.786. The number of carbonyl (C=O) groups is 2. The molecule has 3 rings (SSSR count). The maximum absolute atomic E-state index is 13.0. The Morgan fingerprint density at radius 1 is 1.03 bits per heavy atom. The Morgan fingerprint density at radius 3 is 2.33 bits per heavy atom. The molecule has 1 aliphatic heterocycles. The molecule has 2 aromatic carbocycles. The number of nitrogens with zero attached hydrogens (tertiary/aromatic N) is 1. The zero-order chi connectivity index (χ0) is 26.3. The summed E-state index contributed by atoms with van der Waals surface area (Å²) < 4.78 is 22.0. The van der Waals surface area contributed by atoms with E-state index in [1.165, 1.54) is 27.0 Å². The second kappa shape index (κ2) is 12.0. The first kappa shape index (κ1) is 27.1. The summed E-state index contributed by atoms with van der Waals surface area (Å²) in [5, 5.41) is 12.4. The molecule has 2 aromatic rings. The van der Waals surface area contributed by atoms with E-state index in [0.29, 0.717) is 17.9 Å². The molecule has 1 aliphatic rings. The van der Waals surface area contributed by atoms with Crippen LogP contribution in [-0.4, -0.2) is 67.4 Å². The molecule has 1 amide bonds. The van der Waals surface area contributed by atoms with Gasteiger partial charge >= 0.3 is 5.97 Å². The molecule has 9 heteroatoms. The highest BCUT2D eigenvalue weighted by atomic mass is 16.5. The molecule has 0 saturated carbocycles. The first-order valence-electron chi connectivity index (χ1n) is 12.1. The minimum Gasteiger partial charge on any atom is -0.497 e. The number of ether oxygens (including phenoxy) is 4. The van der Waals surface area contributed by atoms with Gasteiger partial charge in [0.2, 0.25) is 0 Å². The number of carbonyl (C=O) groups excluding carboxylic acids is 1. The lowest BCUT2D eigenvalue weighted by Crippen LogP contribution is -2.44. The molecule has 1 fully saturated rings. The third-order valence-electron chi connectivity index (χ3n) is 6.12. The van der Waals surface area contributed by atoms with E-state index in [1.807, 2.05) is 25.1 Å². The summed E-state index contributed by atoms with van der Waals surface area (Å²) in [5.41, 5.74) is 0.0601. The van der Waals surface area contributed by atoms with E-state index >= 15 is 0 Å². The number of aliphatic carboxylic acids is 1. The Hall–Kier alpha value is -3.46. The highest BCUT2D eigenvalue weighted by Gasteiger charge is 2.30. The predicted octanol–water partition coefficient (Wildman–Crippen LogP) is 3.74. The smallest absolute Gasteiger partial charge is 0.347 e. The third-order valence-corrected chi connectivity index (χ3v) is 6.12. The quantitative estimate of drug-likeness (QED) is 0.481. The average Bonchev–Trinajstić information content (AvgIpc) is 2.85. The van der Waals surface area contributed by atoms with Crippen LogP contribution >= 0.6 is 0 Å². The number of amides is 1. The minimum absolute atomic E-state index is 0.0367. The number of likely N-dealkylation sites (tertiary alicyclic amines) is 1. The summed E-state index contributed by atoms with van der Waals surface area (Å²) >= 11 is 0. The summed E-state index contributed by atoms with van der Waals surface area (Å²) in [4.78, 5) is 26.8. The van der Waals surface area contributed by atoms with E-state index in [-0.39, 0.29) is 17.7 Å². The number of hydrogen-bond donors (Lipinski definition) is 2. The number of carboxylic acids is 1. The summed E-state index contributed by atoms with van der Waals surface area (Å²) in [6.45, 7) is 7.91. The molecule has 0 bridgehead atoms. The predicted molar refractivity (Wildman–Crippen MR) is 135 cm³/mol. The molecule has 36 heavy (non-hydrogen) atoms. The first-order chi connectivity index (χ1) is 17.1. The normalized spacial score (nSPS) is 14.7. The van der Waals surface area contributed by atoms with Crippen molar-refractivity contribution in [3.63, 3.8) is 0 Å². The molecule has 0 aliphatic carbocycles. The Bertz CT molecular complexity index is 1060. The van der Waals surface area contributed by atoms with Crippen molar-refractivity contribution in [1.82, 2.24) is 10.2 Å². The van der Waals surface area contributed by atoms with Crippen LogP contribution in [0, 0.1) is 0 Å². The molecule has 0 aromatic heterocycles. The number of nitrogens with one attached hydrogen (secondary N) is 1.